The number of nitrogens with zero attached hydrogens (tertiary/aromatic N) is 3. The number of ether oxygens (including phenoxy) is 1. The maximum Gasteiger partial charge on any atom is 0.306 e. The third-order valence-corrected chi connectivity index (χ3v) is 8.46. The van der Waals surface area contributed by atoms with E-state index in [2.05, 4.69) is 34.0 Å². The number of likely N-dealkylation sites (tertiary alicyclic amines) is 2. The van der Waals surface area contributed by atoms with Crippen LogP contribution in [0.25, 0.3) is 11.1 Å². The molecule has 0 aromatic heterocycles. The molecular formula is C30H36FN3O4. The van der Waals surface area contributed by atoms with Gasteiger partial charge in [0, 0.05) is 43.3 Å². The van der Waals surface area contributed by atoms with Crippen LogP contribution in [0.4, 0.5) is 4.39 Å². The molecule has 3 fully saturated rings. The van der Waals surface area contributed by atoms with Gasteiger partial charge in [-0.05, 0) is 68.7 Å². The summed E-state index contributed by atoms with van der Waals surface area (Å²) in [5, 5.41) is 13.8. The van der Waals surface area contributed by atoms with Crippen LogP contribution in [0.1, 0.15) is 63.0 Å². The lowest BCUT2D eigenvalue weighted by molar-refractivity contribution is -0.143. The second kappa shape index (κ2) is 9.88. The van der Waals surface area contributed by atoms with E-state index >= 15 is 0 Å². The molecule has 3 heterocycles. The monoisotopic (exact) mass is 521 g/mol. The number of piperidine rings is 1. The molecule has 38 heavy (non-hydrogen) atoms. The highest BCUT2D eigenvalue weighted by Gasteiger charge is 2.51. The highest BCUT2D eigenvalue weighted by molar-refractivity contribution is 5.85. The van der Waals surface area contributed by atoms with Crippen molar-refractivity contribution >= 4 is 11.8 Å². The number of carboxylic acid groups (broad SMARTS) is 1. The zero-order chi connectivity index (χ0) is 26.4. The summed E-state index contributed by atoms with van der Waals surface area (Å²) in [4.78, 5) is 22.0. The first-order valence-electron chi connectivity index (χ1n) is 13.9. The van der Waals surface area contributed by atoms with Gasteiger partial charge in [-0.25, -0.2) is 4.39 Å². The van der Waals surface area contributed by atoms with Crippen LogP contribution in [-0.4, -0.2) is 64.6 Å². The first-order valence-corrected chi connectivity index (χ1v) is 13.9. The highest BCUT2D eigenvalue weighted by Crippen LogP contribution is 2.49. The lowest BCUT2D eigenvalue weighted by Gasteiger charge is -2.46. The van der Waals surface area contributed by atoms with Crippen molar-refractivity contribution in [3.63, 3.8) is 0 Å². The number of oxime groups is 1. The molecule has 2 aromatic carbocycles. The third kappa shape index (κ3) is 4.75. The first kappa shape index (κ1) is 25.2. The number of benzene rings is 2. The minimum absolute atomic E-state index is 0.143. The van der Waals surface area contributed by atoms with Crippen molar-refractivity contribution in [3.05, 3.63) is 53.3 Å². The average Bonchev–Trinajstić information content (AvgIpc) is 3.63. The molecule has 6 rings (SSSR count). The second-order valence-corrected chi connectivity index (χ2v) is 11.5. The van der Waals surface area contributed by atoms with Crippen LogP contribution in [0, 0.1) is 11.7 Å². The molecule has 0 bridgehead atoms. The summed E-state index contributed by atoms with van der Waals surface area (Å²) >= 11 is 0. The van der Waals surface area contributed by atoms with E-state index in [-0.39, 0.29) is 23.4 Å². The Hall–Kier alpha value is -3.13. The van der Waals surface area contributed by atoms with Crippen molar-refractivity contribution in [1.82, 2.24) is 9.80 Å². The Morgan fingerprint density at radius 2 is 2.03 bits per heavy atom. The maximum atomic E-state index is 14.8. The van der Waals surface area contributed by atoms with Crippen molar-refractivity contribution < 1.29 is 23.9 Å². The fourth-order valence-corrected chi connectivity index (χ4v) is 6.47. The molecule has 0 amide bonds. The van der Waals surface area contributed by atoms with E-state index in [1.54, 1.807) is 6.07 Å². The number of carboxylic acids is 1. The molecule has 1 aliphatic carbocycles. The van der Waals surface area contributed by atoms with Crippen molar-refractivity contribution in [3.8, 4) is 16.9 Å². The number of halogens is 1. The lowest BCUT2D eigenvalue weighted by Crippen LogP contribution is -2.61. The van der Waals surface area contributed by atoms with Gasteiger partial charge in [0.25, 0.3) is 0 Å². The Labute approximate surface area is 223 Å². The standard InChI is InChI=1S/C30H36FN3O4/c1-3-37-26-14-20(13-24(21-8-9-21)28(26)23-6-4-5-7-25(23)31)16-33-17-30(18-33)15-27(32-38-30)34-11-10-22(29(35)36)12-19(34)2/h4-7,13-14,19,21-22H,3,8-12,15-18H2,1-2H3,(H,35,36). The summed E-state index contributed by atoms with van der Waals surface area (Å²) < 4.78 is 20.9. The van der Waals surface area contributed by atoms with Gasteiger partial charge in [0.05, 0.1) is 18.9 Å². The van der Waals surface area contributed by atoms with Gasteiger partial charge in [0.2, 0.25) is 0 Å². The number of hydrogen-bond donors (Lipinski definition) is 1. The minimum Gasteiger partial charge on any atom is -0.493 e. The summed E-state index contributed by atoms with van der Waals surface area (Å²) in [5.74, 6) is 0.964. The van der Waals surface area contributed by atoms with Gasteiger partial charge < -0.3 is 19.6 Å². The fourth-order valence-electron chi connectivity index (χ4n) is 6.47. The fraction of sp³-hybridized carbons (Fsp3) is 0.533. The first-order chi connectivity index (χ1) is 18.4. The zero-order valence-corrected chi connectivity index (χ0v) is 22.2. The molecule has 3 aliphatic heterocycles. The predicted octanol–water partition coefficient (Wildman–Crippen LogP) is 5.24. The third-order valence-electron chi connectivity index (χ3n) is 8.46. The Kier molecular flexibility index (Phi) is 6.54. The molecule has 1 spiro atoms. The molecule has 7 nitrogen and oxygen atoms in total. The van der Waals surface area contributed by atoms with Crippen molar-refractivity contribution in [2.24, 2.45) is 11.1 Å². The summed E-state index contributed by atoms with van der Waals surface area (Å²) in [5.41, 5.74) is 3.57. The van der Waals surface area contributed by atoms with Crippen LogP contribution in [0.3, 0.4) is 0 Å². The lowest BCUT2D eigenvalue weighted by atomic mass is 9.87. The van der Waals surface area contributed by atoms with Crippen LogP contribution in [0.15, 0.2) is 41.6 Å². The maximum absolute atomic E-state index is 14.8. The topological polar surface area (TPSA) is 74.6 Å². The van der Waals surface area contributed by atoms with E-state index in [0.717, 1.165) is 56.0 Å². The van der Waals surface area contributed by atoms with Crippen LogP contribution in [0.2, 0.25) is 0 Å². The van der Waals surface area contributed by atoms with Crippen molar-refractivity contribution in [1.29, 1.82) is 0 Å². The molecule has 8 heteroatoms. The van der Waals surface area contributed by atoms with E-state index in [1.165, 1.54) is 17.2 Å². The molecule has 2 atom stereocenters. The molecule has 2 unspecified atom stereocenters. The average molecular weight is 522 g/mol. The van der Waals surface area contributed by atoms with Gasteiger partial charge in [0.1, 0.15) is 17.4 Å². The van der Waals surface area contributed by atoms with Crippen LogP contribution < -0.4 is 4.74 Å². The highest BCUT2D eigenvalue weighted by atomic mass is 19.1. The predicted molar refractivity (Wildman–Crippen MR) is 143 cm³/mol. The number of rotatable bonds is 7. The van der Waals surface area contributed by atoms with Gasteiger partial charge in [-0.2, -0.15) is 0 Å². The van der Waals surface area contributed by atoms with E-state index in [4.69, 9.17) is 9.57 Å². The Balaban J connectivity index is 1.14. The van der Waals surface area contributed by atoms with E-state index in [1.807, 2.05) is 19.1 Å². The van der Waals surface area contributed by atoms with Gasteiger partial charge >= 0.3 is 5.97 Å². The van der Waals surface area contributed by atoms with E-state index in [0.29, 0.717) is 37.5 Å². The molecule has 2 aromatic rings. The van der Waals surface area contributed by atoms with E-state index < -0.39 is 5.97 Å². The minimum atomic E-state index is -0.702. The van der Waals surface area contributed by atoms with Crippen LogP contribution in [0.5, 0.6) is 5.75 Å². The summed E-state index contributed by atoms with van der Waals surface area (Å²) in [7, 11) is 0. The van der Waals surface area contributed by atoms with Crippen molar-refractivity contribution in [2.75, 3.05) is 26.2 Å². The Bertz CT molecular complexity index is 1250. The van der Waals surface area contributed by atoms with Crippen LogP contribution >= 0.6 is 0 Å². The summed E-state index contributed by atoms with van der Waals surface area (Å²) in [6.07, 6.45) is 4.29. The largest absolute Gasteiger partial charge is 0.493 e. The molecule has 202 valence electrons. The number of hydrogen-bond acceptors (Lipinski definition) is 6. The number of carbonyl (C=O) groups is 1. The summed E-state index contributed by atoms with van der Waals surface area (Å²) in [6.45, 7) is 7.63. The smallest absolute Gasteiger partial charge is 0.306 e. The van der Waals surface area contributed by atoms with Gasteiger partial charge in [-0.1, -0.05) is 29.4 Å². The number of aliphatic carboxylic acids is 1. The Morgan fingerprint density at radius 3 is 2.71 bits per heavy atom. The molecule has 0 radical (unpaired) electrons. The second-order valence-electron chi connectivity index (χ2n) is 11.5. The van der Waals surface area contributed by atoms with Gasteiger partial charge in [0.15, 0.2) is 5.60 Å². The quantitative estimate of drug-likeness (QED) is 0.537. The molecular weight excluding hydrogens is 485 g/mol. The normalized spacial score (nSPS) is 24.6. The molecule has 1 saturated carbocycles. The van der Waals surface area contributed by atoms with Crippen molar-refractivity contribution in [2.45, 2.75) is 70.1 Å². The summed E-state index contributed by atoms with van der Waals surface area (Å²) in [6, 6.07) is 11.4. The SMILES string of the molecule is CCOc1cc(CN2CC3(CC(N4CCC(C(=O)O)CC4C)=NO3)C2)cc(C2CC2)c1-c1ccccc1F. The van der Waals surface area contributed by atoms with Gasteiger partial charge in [-0.3, -0.25) is 9.69 Å². The molecule has 2 saturated heterocycles. The van der Waals surface area contributed by atoms with Crippen LogP contribution in [-0.2, 0) is 16.2 Å². The van der Waals surface area contributed by atoms with E-state index in [9.17, 15) is 14.3 Å². The zero-order valence-electron chi connectivity index (χ0n) is 22.2. The molecule has 1 N–H and O–H groups in total. The number of amidine groups is 1. The van der Waals surface area contributed by atoms with Gasteiger partial charge in [-0.15, -0.1) is 0 Å². The Morgan fingerprint density at radius 1 is 1.24 bits per heavy atom. The molecule has 4 aliphatic rings.